The lowest BCUT2D eigenvalue weighted by Crippen LogP contribution is -2.53. The highest BCUT2D eigenvalue weighted by Crippen LogP contribution is 2.39. The number of aromatic nitrogens is 2. The lowest BCUT2D eigenvalue weighted by atomic mass is 9.85. The molecule has 14 heteroatoms. The van der Waals surface area contributed by atoms with Crippen LogP contribution in [0, 0.1) is 5.41 Å². The number of nitrogens with one attached hydrogen (secondary N) is 1. The van der Waals surface area contributed by atoms with Gasteiger partial charge in [-0.15, -0.1) is 11.3 Å². The number of ether oxygens (including phenoxy) is 3. The van der Waals surface area contributed by atoms with Crippen molar-refractivity contribution in [2.45, 2.75) is 56.2 Å². The van der Waals surface area contributed by atoms with Crippen molar-refractivity contribution in [1.82, 2.24) is 14.9 Å². The van der Waals surface area contributed by atoms with Gasteiger partial charge in [-0.05, 0) is 56.5 Å². The molecule has 0 saturated carbocycles. The summed E-state index contributed by atoms with van der Waals surface area (Å²) < 4.78 is 34.0. The van der Waals surface area contributed by atoms with Crippen LogP contribution in [-0.4, -0.2) is 66.9 Å². The molecule has 5 rings (SSSR count). The number of thiazole rings is 1. The molecule has 1 aliphatic rings. The second-order valence-corrected chi connectivity index (χ2v) is 16.2. The monoisotopic (exact) mass is 795 g/mol. The van der Waals surface area contributed by atoms with Gasteiger partial charge in [0.05, 0.1) is 25.5 Å². The topological polar surface area (TPSA) is 129 Å². The fourth-order valence-electron chi connectivity index (χ4n) is 5.36. The molecular weight excluding hydrogens is 760 g/mol. The van der Waals surface area contributed by atoms with Crippen LogP contribution in [0.15, 0.2) is 54.0 Å². The Kier molecular flexibility index (Phi) is 10.3. The average Bonchev–Trinajstić information content (AvgIpc) is 3.67. The maximum Gasteiger partial charge on any atom is 0.290 e. The quantitative estimate of drug-likeness (QED) is 0.125. The van der Waals surface area contributed by atoms with Gasteiger partial charge in [0.2, 0.25) is 17.7 Å². The summed E-state index contributed by atoms with van der Waals surface area (Å²) in [6.07, 6.45) is 1.18. The van der Waals surface area contributed by atoms with E-state index in [2.05, 4.69) is 14.8 Å². The van der Waals surface area contributed by atoms with Crippen LogP contribution >= 0.6 is 43.7 Å². The number of fused-ring (bicyclic) bond motifs is 1. The number of carbonyl (C=O) groups excluding carboxylic acids is 2. The van der Waals surface area contributed by atoms with Crippen molar-refractivity contribution in [3.8, 4) is 28.6 Å². The molecule has 3 N–H and O–H groups in total. The number of primary amides is 1. The number of benzene rings is 2. The molecule has 2 aromatic heterocycles. The molecular formula is C33H36ClFIN5O5S. The standard InChI is InChI=1S/C33H36ClFIN5O5S/c1-32(2,3)27(40-31-39-23(17-47-31)21-9-7-8-10-25(21)46-33(4,35)36-5)30(43)41-16-19(14-24(41)28(37)42)45-29-22-13-18(34)11-12-20(22)26(44-6)15-38-29/h7-13,15,17,19,24,27H,5,14,16H2,1-4,6H3,(H2,37,42)(H,39,40)/t19-,24+,27-,33?/m1/s1. The smallest absolute Gasteiger partial charge is 0.290 e. The lowest BCUT2D eigenvalue weighted by Gasteiger charge is -2.34. The van der Waals surface area contributed by atoms with Gasteiger partial charge in [0, 0.05) is 40.1 Å². The molecule has 0 aliphatic carbocycles. The Balaban J connectivity index is 1.38. The average molecular weight is 796 g/mol. The van der Waals surface area contributed by atoms with Crippen LogP contribution in [0.5, 0.6) is 17.4 Å². The first-order valence-corrected chi connectivity index (χ1v) is 18.5. The highest BCUT2D eigenvalue weighted by atomic mass is 127. The van der Waals surface area contributed by atoms with Crippen LogP contribution in [-0.2, 0) is 9.59 Å². The van der Waals surface area contributed by atoms with E-state index in [4.69, 9.17) is 36.5 Å². The number of rotatable bonds is 11. The number of hydrogen-bond acceptors (Lipinski definition) is 9. The number of para-hydroxylation sites is 1. The molecule has 2 aromatic carbocycles. The van der Waals surface area contributed by atoms with E-state index in [1.54, 1.807) is 43.6 Å². The van der Waals surface area contributed by atoms with Gasteiger partial charge >= 0.3 is 0 Å². The largest absolute Gasteiger partial charge is 0.494 e. The minimum absolute atomic E-state index is 0.112. The summed E-state index contributed by atoms with van der Waals surface area (Å²) in [6, 6.07) is 10.7. The summed E-state index contributed by atoms with van der Waals surface area (Å²) in [6.45, 7) is 7.25. The molecule has 1 aliphatic heterocycles. The Morgan fingerprint density at radius 1 is 1.19 bits per heavy atom. The number of anilines is 1. The molecule has 10 nitrogen and oxygen atoms in total. The Labute approximate surface area is 291 Å². The van der Waals surface area contributed by atoms with E-state index in [0.717, 1.165) is 5.39 Å². The third-order valence-corrected chi connectivity index (χ3v) is 10.3. The molecule has 1 fully saturated rings. The molecule has 0 radical (unpaired) electrons. The van der Waals surface area contributed by atoms with E-state index in [0.29, 0.717) is 44.2 Å². The highest BCUT2D eigenvalue weighted by molar-refractivity contribution is 14.2. The number of nitrogens with zero attached hydrogens (tertiary/aromatic N) is 3. The van der Waals surface area contributed by atoms with Crippen molar-refractivity contribution in [1.29, 1.82) is 0 Å². The first kappa shape index (κ1) is 34.8. The van der Waals surface area contributed by atoms with E-state index in [1.807, 2.05) is 38.3 Å². The predicted molar refractivity (Wildman–Crippen MR) is 193 cm³/mol. The summed E-state index contributed by atoms with van der Waals surface area (Å²) >= 11 is 6.50. The van der Waals surface area contributed by atoms with Crippen LogP contribution in [0.1, 0.15) is 34.1 Å². The minimum Gasteiger partial charge on any atom is -0.494 e. The third-order valence-electron chi connectivity index (χ3n) is 7.72. The van der Waals surface area contributed by atoms with Crippen molar-refractivity contribution in [2.24, 2.45) is 11.1 Å². The number of carbonyl (C=O) groups is 2. The van der Waals surface area contributed by atoms with Crippen molar-refractivity contribution in [3.63, 3.8) is 0 Å². The van der Waals surface area contributed by atoms with Crippen molar-refractivity contribution in [2.75, 3.05) is 19.0 Å². The summed E-state index contributed by atoms with van der Waals surface area (Å²) in [7, 11) is 1.55. The predicted octanol–water partition coefficient (Wildman–Crippen LogP) is 6.81. The van der Waals surface area contributed by atoms with Crippen LogP contribution in [0.3, 0.4) is 0 Å². The first-order valence-electron chi connectivity index (χ1n) is 14.7. The zero-order valence-corrected chi connectivity index (χ0v) is 30.3. The number of halogens is 3. The van der Waals surface area contributed by atoms with Crippen molar-refractivity contribution in [3.05, 3.63) is 59.1 Å². The van der Waals surface area contributed by atoms with Gasteiger partial charge in [-0.1, -0.05) is 49.0 Å². The van der Waals surface area contributed by atoms with E-state index >= 15 is 0 Å². The highest BCUT2D eigenvalue weighted by Gasteiger charge is 2.45. The molecule has 4 aromatic rings. The first-order chi connectivity index (χ1) is 22.2. The Bertz CT molecular complexity index is 1820. The molecule has 4 atom stereocenters. The Morgan fingerprint density at radius 3 is 2.62 bits per heavy atom. The minimum atomic E-state index is -1.84. The van der Waals surface area contributed by atoms with Crippen molar-refractivity contribution < 1.29 is 28.2 Å². The second-order valence-electron chi connectivity index (χ2n) is 12.2. The van der Waals surface area contributed by atoms with Gasteiger partial charge in [0.25, 0.3) is 3.86 Å². The van der Waals surface area contributed by atoms with Crippen LogP contribution in [0.25, 0.3) is 22.0 Å². The molecule has 250 valence electrons. The summed E-state index contributed by atoms with van der Waals surface area (Å²) in [4.78, 5) is 37.5. The number of pyridine rings is 1. The molecule has 47 heavy (non-hydrogen) atoms. The molecule has 1 unspecified atom stereocenters. The summed E-state index contributed by atoms with van der Waals surface area (Å²) in [5.41, 5.74) is 6.41. The number of hydrogen-bond donors (Lipinski definition) is 2. The lowest BCUT2D eigenvalue weighted by molar-refractivity contribution is -0.139. The van der Waals surface area contributed by atoms with Crippen LogP contribution in [0.2, 0.25) is 5.02 Å². The second kappa shape index (κ2) is 13.9. The number of methoxy groups -OCH3 is 1. The summed E-state index contributed by atoms with van der Waals surface area (Å²) in [5, 5.41) is 7.48. The molecule has 0 bridgehead atoms. The van der Waals surface area contributed by atoms with E-state index in [-0.39, 0.29) is 18.9 Å². The molecule has 2 amide bonds. The fraction of sp³-hybridized carbons (Fsp3) is 0.364. The van der Waals surface area contributed by atoms with Gasteiger partial charge in [-0.2, -0.15) is 4.39 Å². The summed E-state index contributed by atoms with van der Waals surface area (Å²) in [5.74, 6) is 0.264. The number of alkyl halides is 2. The SMILES string of the molecule is C=IC(C)(F)Oc1ccccc1-c1csc(N[C@H](C(=O)N2C[C@H](Oc3ncc(OC)c4ccc(Cl)cc34)C[C@H]2C(N)=O)C(C)(C)C)n1. The number of amides is 2. The fourth-order valence-corrected chi connectivity index (χ4v) is 6.67. The van der Waals surface area contributed by atoms with Gasteiger partial charge < -0.3 is 30.2 Å². The Morgan fingerprint density at radius 2 is 1.94 bits per heavy atom. The maximum absolute atomic E-state index is 14.7. The van der Waals surface area contributed by atoms with Crippen molar-refractivity contribution >= 4 is 75.9 Å². The molecule has 3 heterocycles. The number of likely N-dealkylation sites (tertiary alicyclic amines) is 1. The number of nitrogens with two attached hydrogens (primary N) is 1. The van der Waals surface area contributed by atoms with Crippen LogP contribution < -0.4 is 25.3 Å². The van der Waals surface area contributed by atoms with Crippen LogP contribution in [0.4, 0.5) is 9.52 Å². The zero-order chi connectivity index (χ0) is 34.1. The molecule has 1 saturated heterocycles. The van der Waals surface area contributed by atoms with E-state index in [1.165, 1.54) is 23.2 Å². The van der Waals surface area contributed by atoms with E-state index in [9.17, 15) is 14.0 Å². The Hall–Kier alpha value is -3.56. The molecule has 0 spiro atoms. The van der Waals surface area contributed by atoms with Gasteiger partial charge in [0.1, 0.15) is 29.7 Å². The normalized spacial score (nSPS) is 18.4. The van der Waals surface area contributed by atoms with Gasteiger partial charge in [0.15, 0.2) is 5.13 Å². The third kappa shape index (κ3) is 7.78. The van der Waals surface area contributed by atoms with Gasteiger partial charge in [-0.25, -0.2) is 9.97 Å². The van der Waals surface area contributed by atoms with Gasteiger partial charge in [-0.3, -0.25) is 9.59 Å². The maximum atomic E-state index is 14.7. The zero-order valence-electron chi connectivity index (χ0n) is 26.6. The van der Waals surface area contributed by atoms with E-state index < -0.39 is 54.1 Å².